The monoisotopic (exact) mass is 488 g/mol. The van der Waals surface area contributed by atoms with Crippen molar-refractivity contribution in [1.82, 2.24) is 0 Å². The number of halogens is 1. The van der Waals surface area contributed by atoms with Crippen molar-refractivity contribution >= 4 is 17.6 Å². The predicted octanol–water partition coefficient (Wildman–Crippen LogP) is 8.29. The van der Waals surface area contributed by atoms with Crippen LogP contribution in [0.15, 0.2) is 108 Å². The second kappa shape index (κ2) is 10.1. The standard InChI is InChI=1S/C33H29FN2O/c1-22-12-17-31-30(18-22)28-9-5-10-29(28)33(36-31)24-13-15-27(16-14-24)35-20-25-7-2-3-11-32(25)37-21-23-6-4-8-26(34)19-23/h2-9,11-20,28-29,33,36H,10,21H2,1H3/t28-,29+,33-/m1/s1. The Morgan fingerprint density at radius 2 is 1.84 bits per heavy atom. The third-order valence-corrected chi connectivity index (χ3v) is 7.33. The Kier molecular flexibility index (Phi) is 6.32. The van der Waals surface area contributed by atoms with Gasteiger partial charge in [0.15, 0.2) is 0 Å². The number of benzene rings is 4. The predicted molar refractivity (Wildman–Crippen MR) is 148 cm³/mol. The Balaban J connectivity index is 1.17. The summed E-state index contributed by atoms with van der Waals surface area (Å²) in [5, 5.41) is 3.81. The summed E-state index contributed by atoms with van der Waals surface area (Å²) in [6.45, 7) is 2.46. The average Bonchev–Trinajstić information content (AvgIpc) is 3.42. The van der Waals surface area contributed by atoms with Gasteiger partial charge in [0, 0.05) is 23.4 Å². The first kappa shape index (κ1) is 23.2. The van der Waals surface area contributed by atoms with Crippen LogP contribution in [0, 0.1) is 18.7 Å². The number of ether oxygens (including phenoxy) is 1. The van der Waals surface area contributed by atoms with Crippen LogP contribution < -0.4 is 10.1 Å². The van der Waals surface area contributed by atoms with Crippen LogP contribution in [0.25, 0.3) is 0 Å². The molecule has 1 N–H and O–H groups in total. The van der Waals surface area contributed by atoms with Gasteiger partial charge in [-0.3, -0.25) is 4.99 Å². The van der Waals surface area contributed by atoms with Gasteiger partial charge in [-0.2, -0.15) is 0 Å². The molecule has 0 spiro atoms. The number of hydrogen-bond donors (Lipinski definition) is 1. The van der Waals surface area contributed by atoms with Crippen molar-refractivity contribution in [3.63, 3.8) is 0 Å². The normalized spacial score (nSPS) is 19.9. The van der Waals surface area contributed by atoms with E-state index >= 15 is 0 Å². The van der Waals surface area contributed by atoms with Crippen LogP contribution in [-0.4, -0.2) is 6.21 Å². The molecule has 0 aromatic heterocycles. The molecule has 4 heteroatoms. The summed E-state index contributed by atoms with van der Waals surface area (Å²) < 4.78 is 19.5. The summed E-state index contributed by atoms with van der Waals surface area (Å²) in [5.74, 6) is 1.43. The lowest BCUT2D eigenvalue weighted by Gasteiger charge is -2.37. The lowest BCUT2D eigenvalue weighted by molar-refractivity contribution is 0.305. The highest BCUT2D eigenvalue weighted by Crippen LogP contribution is 2.50. The molecule has 4 aromatic rings. The average molecular weight is 489 g/mol. The van der Waals surface area contributed by atoms with E-state index < -0.39 is 0 Å². The number of aliphatic imine (C=N–C) groups is 1. The Morgan fingerprint density at radius 1 is 0.973 bits per heavy atom. The Morgan fingerprint density at radius 3 is 2.70 bits per heavy atom. The van der Waals surface area contributed by atoms with Crippen molar-refractivity contribution in [2.24, 2.45) is 10.9 Å². The molecule has 0 unspecified atom stereocenters. The summed E-state index contributed by atoms with van der Waals surface area (Å²) in [7, 11) is 0. The molecular formula is C33H29FN2O. The SMILES string of the molecule is Cc1ccc2c(c1)[C@@H]1C=CC[C@@H]1[C@@H](c1ccc(N=Cc3ccccc3OCc3cccc(F)c3)cc1)N2. The van der Waals surface area contributed by atoms with Gasteiger partial charge in [-0.05, 0) is 78.4 Å². The van der Waals surface area contributed by atoms with E-state index in [-0.39, 0.29) is 11.9 Å². The van der Waals surface area contributed by atoms with E-state index in [1.165, 1.54) is 34.5 Å². The van der Waals surface area contributed by atoms with E-state index in [0.717, 1.165) is 23.2 Å². The van der Waals surface area contributed by atoms with E-state index in [2.05, 4.69) is 66.9 Å². The molecule has 0 bridgehead atoms. The van der Waals surface area contributed by atoms with Crippen molar-refractivity contribution in [3.8, 4) is 5.75 Å². The highest BCUT2D eigenvalue weighted by atomic mass is 19.1. The number of rotatable bonds is 6. The first-order valence-electron chi connectivity index (χ1n) is 12.8. The number of hydrogen-bond acceptors (Lipinski definition) is 3. The molecule has 0 amide bonds. The molecule has 3 atom stereocenters. The quantitative estimate of drug-likeness (QED) is 0.219. The molecule has 0 saturated carbocycles. The number of aryl methyl sites for hydroxylation is 1. The van der Waals surface area contributed by atoms with Crippen LogP contribution in [0.2, 0.25) is 0 Å². The number of para-hydroxylation sites is 1. The maximum atomic E-state index is 13.5. The van der Waals surface area contributed by atoms with E-state index in [0.29, 0.717) is 24.2 Å². The molecule has 0 radical (unpaired) electrons. The highest BCUT2D eigenvalue weighted by molar-refractivity contribution is 5.85. The summed E-state index contributed by atoms with van der Waals surface area (Å²) in [4.78, 5) is 4.71. The van der Waals surface area contributed by atoms with Gasteiger partial charge in [-0.1, -0.05) is 66.2 Å². The van der Waals surface area contributed by atoms with Gasteiger partial charge in [0.05, 0.1) is 11.7 Å². The number of allylic oxidation sites excluding steroid dienone is 2. The minimum atomic E-state index is -0.262. The minimum absolute atomic E-state index is 0.262. The molecular weight excluding hydrogens is 459 g/mol. The Hall–Kier alpha value is -4.18. The minimum Gasteiger partial charge on any atom is -0.488 e. The fourth-order valence-corrected chi connectivity index (χ4v) is 5.46. The smallest absolute Gasteiger partial charge is 0.128 e. The molecule has 3 nitrogen and oxygen atoms in total. The Labute approximate surface area is 217 Å². The maximum Gasteiger partial charge on any atom is 0.128 e. The van der Waals surface area contributed by atoms with Gasteiger partial charge in [-0.15, -0.1) is 0 Å². The number of nitrogens with one attached hydrogen (secondary N) is 1. The van der Waals surface area contributed by atoms with Gasteiger partial charge in [0.2, 0.25) is 0 Å². The van der Waals surface area contributed by atoms with Crippen molar-refractivity contribution < 1.29 is 9.13 Å². The molecule has 184 valence electrons. The zero-order valence-corrected chi connectivity index (χ0v) is 20.8. The summed E-state index contributed by atoms with van der Waals surface area (Å²) in [6, 6.07) is 29.7. The first-order valence-corrected chi connectivity index (χ1v) is 12.8. The zero-order valence-electron chi connectivity index (χ0n) is 20.8. The largest absolute Gasteiger partial charge is 0.488 e. The van der Waals surface area contributed by atoms with Crippen LogP contribution in [0.1, 0.15) is 46.2 Å². The van der Waals surface area contributed by atoms with Crippen molar-refractivity contribution in [2.45, 2.75) is 31.9 Å². The van der Waals surface area contributed by atoms with E-state index in [9.17, 15) is 4.39 Å². The van der Waals surface area contributed by atoms with Crippen LogP contribution in [0.4, 0.5) is 15.8 Å². The van der Waals surface area contributed by atoms with Gasteiger partial charge in [-0.25, -0.2) is 4.39 Å². The third-order valence-electron chi connectivity index (χ3n) is 7.33. The second-order valence-electron chi connectivity index (χ2n) is 9.87. The summed E-state index contributed by atoms with van der Waals surface area (Å²) in [6.07, 6.45) is 7.61. The molecule has 2 aliphatic rings. The van der Waals surface area contributed by atoms with Crippen LogP contribution in [0.3, 0.4) is 0 Å². The second-order valence-corrected chi connectivity index (χ2v) is 9.87. The molecule has 37 heavy (non-hydrogen) atoms. The van der Waals surface area contributed by atoms with Crippen LogP contribution in [0.5, 0.6) is 5.75 Å². The van der Waals surface area contributed by atoms with Gasteiger partial charge in [0.25, 0.3) is 0 Å². The molecule has 1 aliphatic heterocycles. The fraction of sp³-hybridized carbons (Fsp3) is 0.182. The van der Waals surface area contributed by atoms with Gasteiger partial charge in [0.1, 0.15) is 18.2 Å². The molecule has 0 fully saturated rings. The number of fused-ring (bicyclic) bond motifs is 3. The lowest BCUT2D eigenvalue weighted by Crippen LogP contribution is -2.29. The highest BCUT2D eigenvalue weighted by Gasteiger charge is 2.37. The van der Waals surface area contributed by atoms with Crippen LogP contribution in [-0.2, 0) is 6.61 Å². The maximum absolute atomic E-state index is 13.5. The van der Waals surface area contributed by atoms with Crippen molar-refractivity contribution in [1.29, 1.82) is 0 Å². The first-order chi connectivity index (χ1) is 18.1. The molecule has 1 aliphatic carbocycles. The van der Waals surface area contributed by atoms with Crippen LogP contribution >= 0.6 is 0 Å². The molecule has 6 rings (SSSR count). The molecule has 4 aromatic carbocycles. The van der Waals surface area contributed by atoms with Gasteiger partial charge >= 0.3 is 0 Å². The Bertz CT molecular complexity index is 1470. The van der Waals surface area contributed by atoms with Crippen molar-refractivity contribution in [2.75, 3.05) is 5.32 Å². The number of nitrogens with zero attached hydrogens (tertiary/aromatic N) is 1. The van der Waals surface area contributed by atoms with E-state index in [4.69, 9.17) is 9.73 Å². The number of anilines is 1. The van der Waals surface area contributed by atoms with E-state index in [1.54, 1.807) is 6.07 Å². The third kappa shape index (κ3) is 4.92. The summed E-state index contributed by atoms with van der Waals surface area (Å²) >= 11 is 0. The molecule has 0 saturated heterocycles. The topological polar surface area (TPSA) is 33.6 Å². The zero-order chi connectivity index (χ0) is 25.2. The fourth-order valence-electron chi connectivity index (χ4n) is 5.46. The van der Waals surface area contributed by atoms with Crippen molar-refractivity contribution in [3.05, 3.63) is 137 Å². The lowest BCUT2D eigenvalue weighted by atomic mass is 9.76. The molecule has 1 heterocycles. The van der Waals surface area contributed by atoms with E-state index in [1.807, 2.05) is 36.5 Å². The van der Waals surface area contributed by atoms with Gasteiger partial charge < -0.3 is 10.1 Å². The summed E-state index contributed by atoms with van der Waals surface area (Å²) in [5.41, 5.74) is 7.79.